The summed E-state index contributed by atoms with van der Waals surface area (Å²) in [4.78, 5) is 27.1. The van der Waals surface area contributed by atoms with Crippen LogP contribution < -0.4 is 0 Å². The van der Waals surface area contributed by atoms with Gasteiger partial charge in [-0.05, 0) is 42.9 Å². The van der Waals surface area contributed by atoms with Crippen molar-refractivity contribution in [2.75, 3.05) is 19.7 Å². The molecular formula is C18H21N3O4S. The van der Waals surface area contributed by atoms with Crippen LogP contribution >= 0.6 is 11.3 Å². The number of carbonyl (C=O) groups excluding carboxylic acids is 1. The number of aromatic amines is 1. The van der Waals surface area contributed by atoms with Crippen LogP contribution in [0.3, 0.4) is 0 Å². The number of piperidine rings is 1. The van der Waals surface area contributed by atoms with Gasteiger partial charge in [0, 0.05) is 30.6 Å². The third-order valence-electron chi connectivity index (χ3n) is 5.29. The maximum atomic E-state index is 12.5. The van der Waals surface area contributed by atoms with Crippen molar-refractivity contribution in [1.82, 2.24) is 15.1 Å². The Bertz CT molecular complexity index is 807. The van der Waals surface area contributed by atoms with E-state index in [-0.39, 0.29) is 5.91 Å². The molecule has 2 aliphatic rings. The van der Waals surface area contributed by atoms with Gasteiger partial charge >= 0.3 is 5.97 Å². The number of amides is 1. The summed E-state index contributed by atoms with van der Waals surface area (Å²) >= 11 is 1.33. The summed E-state index contributed by atoms with van der Waals surface area (Å²) in [6.45, 7) is 1.89. The van der Waals surface area contributed by atoms with Crippen LogP contribution in [0.2, 0.25) is 0 Å². The number of carboxylic acids is 1. The number of H-pyrrole nitrogens is 1. The zero-order valence-corrected chi connectivity index (χ0v) is 15.2. The number of carboxylic acid groups (broad SMARTS) is 1. The van der Waals surface area contributed by atoms with Crippen molar-refractivity contribution in [1.29, 1.82) is 0 Å². The number of aromatic carboxylic acids is 1. The van der Waals surface area contributed by atoms with E-state index in [9.17, 15) is 14.7 Å². The Morgan fingerprint density at radius 3 is 2.88 bits per heavy atom. The highest BCUT2D eigenvalue weighted by atomic mass is 32.1. The predicted molar refractivity (Wildman–Crippen MR) is 95.3 cm³/mol. The lowest BCUT2D eigenvalue weighted by atomic mass is 9.85. The Labute approximate surface area is 155 Å². The van der Waals surface area contributed by atoms with Crippen molar-refractivity contribution in [3.63, 3.8) is 0 Å². The normalized spacial score (nSPS) is 18.7. The number of carbonyl (C=O) groups is 2. The predicted octanol–water partition coefficient (Wildman–Crippen LogP) is 2.19. The van der Waals surface area contributed by atoms with Crippen molar-refractivity contribution in [2.24, 2.45) is 0 Å². The topological polar surface area (TPSA) is 95.5 Å². The highest BCUT2D eigenvalue weighted by Gasteiger charge is 2.43. The zero-order chi connectivity index (χ0) is 18.1. The Kier molecular flexibility index (Phi) is 4.54. The maximum Gasteiger partial charge on any atom is 0.345 e. The second-order valence-corrected chi connectivity index (χ2v) is 7.90. The second-order valence-electron chi connectivity index (χ2n) is 6.85. The lowest BCUT2D eigenvalue weighted by molar-refractivity contribution is -0.140. The molecular weight excluding hydrogens is 354 g/mol. The molecule has 0 unspecified atom stereocenters. The Balaban J connectivity index is 1.42. The fraction of sp³-hybridized carbons (Fsp3) is 0.500. The highest BCUT2D eigenvalue weighted by molar-refractivity contribution is 7.14. The number of rotatable bonds is 4. The van der Waals surface area contributed by atoms with E-state index in [1.807, 2.05) is 11.1 Å². The molecule has 0 bridgehead atoms. The SMILES string of the molecule is O=C(O)c1cc2c(s1)C1(CCN(C(=O)CCc3cn[nH]c3)CC1)OCC2. The molecule has 0 aliphatic carbocycles. The summed E-state index contributed by atoms with van der Waals surface area (Å²) in [5.41, 5.74) is 1.71. The number of aryl methyl sites for hydroxylation is 1. The van der Waals surface area contributed by atoms with Crippen molar-refractivity contribution >= 4 is 23.2 Å². The number of likely N-dealkylation sites (tertiary alicyclic amines) is 1. The van der Waals surface area contributed by atoms with Crippen LogP contribution in [-0.2, 0) is 28.0 Å². The van der Waals surface area contributed by atoms with Crippen molar-refractivity contribution in [3.8, 4) is 0 Å². The van der Waals surface area contributed by atoms with Gasteiger partial charge in [-0.2, -0.15) is 5.10 Å². The summed E-state index contributed by atoms with van der Waals surface area (Å²) in [5, 5.41) is 15.9. The number of ether oxygens (including phenoxy) is 1. The van der Waals surface area contributed by atoms with Crippen LogP contribution in [-0.4, -0.2) is 51.8 Å². The number of hydrogen-bond donors (Lipinski definition) is 2. The van der Waals surface area contributed by atoms with Gasteiger partial charge in [-0.25, -0.2) is 4.79 Å². The van der Waals surface area contributed by atoms with Gasteiger partial charge in [-0.15, -0.1) is 11.3 Å². The number of thiophene rings is 1. The minimum absolute atomic E-state index is 0.148. The Hall–Kier alpha value is -2.19. The van der Waals surface area contributed by atoms with Gasteiger partial charge in [0.25, 0.3) is 0 Å². The molecule has 8 heteroatoms. The van der Waals surface area contributed by atoms with Crippen molar-refractivity contribution in [3.05, 3.63) is 39.3 Å². The zero-order valence-electron chi connectivity index (χ0n) is 14.4. The van der Waals surface area contributed by atoms with E-state index in [1.54, 1.807) is 12.3 Å². The van der Waals surface area contributed by atoms with E-state index >= 15 is 0 Å². The molecule has 1 saturated heterocycles. The van der Waals surface area contributed by atoms with Crippen molar-refractivity contribution < 1.29 is 19.4 Å². The summed E-state index contributed by atoms with van der Waals surface area (Å²) in [7, 11) is 0. The van der Waals surface area contributed by atoms with Gasteiger partial charge < -0.3 is 14.7 Å². The summed E-state index contributed by atoms with van der Waals surface area (Å²) in [6.07, 6.45) is 6.91. The lowest BCUT2D eigenvalue weighted by Crippen LogP contribution is -2.47. The van der Waals surface area contributed by atoms with Gasteiger partial charge in [0.05, 0.1) is 12.8 Å². The number of aromatic nitrogens is 2. The van der Waals surface area contributed by atoms with E-state index in [0.717, 1.165) is 35.3 Å². The molecule has 2 aromatic rings. The van der Waals surface area contributed by atoms with Crippen molar-refractivity contribution in [2.45, 2.75) is 37.7 Å². The van der Waals surface area contributed by atoms with Gasteiger partial charge in [0.2, 0.25) is 5.91 Å². The molecule has 4 heterocycles. The average Bonchev–Trinajstić information content (AvgIpc) is 3.31. The smallest absolute Gasteiger partial charge is 0.345 e. The molecule has 1 spiro atoms. The largest absolute Gasteiger partial charge is 0.477 e. The summed E-state index contributed by atoms with van der Waals surface area (Å²) in [6, 6.07) is 1.79. The number of fused-ring (bicyclic) bond motifs is 2. The van der Waals surface area contributed by atoms with Crippen LogP contribution in [0.25, 0.3) is 0 Å². The van der Waals surface area contributed by atoms with Crippen LogP contribution in [0.1, 0.15) is 44.9 Å². The average molecular weight is 375 g/mol. The second kappa shape index (κ2) is 6.85. The van der Waals surface area contributed by atoms with Gasteiger partial charge in [0.15, 0.2) is 0 Å². The Morgan fingerprint density at radius 1 is 1.38 bits per heavy atom. The standard InChI is InChI=1S/C18H21N3O4S/c22-15(2-1-12-10-19-20-11-12)21-6-4-18(5-7-21)16-13(3-8-25-18)9-14(26-16)17(23)24/h9-11H,1-8H2,(H,19,20)(H,23,24). The van der Waals surface area contributed by atoms with E-state index in [4.69, 9.17) is 4.74 Å². The van der Waals surface area contributed by atoms with E-state index in [0.29, 0.717) is 37.4 Å². The third kappa shape index (κ3) is 3.14. The molecule has 1 amide bonds. The van der Waals surface area contributed by atoms with Crippen LogP contribution in [0.5, 0.6) is 0 Å². The first-order chi connectivity index (χ1) is 12.6. The summed E-state index contributed by atoms with van der Waals surface area (Å²) < 4.78 is 6.14. The van der Waals surface area contributed by atoms with E-state index < -0.39 is 11.6 Å². The monoisotopic (exact) mass is 375 g/mol. The molecule has 2 aliphatic heterocycles. The number of hydrogen-bond acceptors (Lipinski definition) is 5. The van der Waals surface area contributed by atoms with E-state index in [1.165, 1.54) is 11.3 Å². The molecule has 138 valence electrons. The van der Waals surface area contributed by atoms with E-state index in [2.05, 4.69) is 10.2 Å². The van der Waals surface area contributed by atoms with Gasteiger partial charge in [-0.1, -0.05) is 0 Å². The quantitative estimate of drug-likeness (QED) is 0.854. The molecule has 2 aromatic heterocycles. The highest BCUT2D eigenvalue weighted by Crippen LogP contribution is 2.45. The maximum absolute atomic E-state index is 12.5. The first-order valence-electron chi connectivity index (χ1n) is 8.83. The molecule has 0 aromatic carbocycles. The molecule has 2 N–H and O–H groups in total. The minimum atomic E-state index is -0.883. The fourth-order valence-electron chi connectivity index (χ4n) is 3.84. The van der Waals surface area contributed by atoms with Crippen LogP contribution in [0.15, 0.2) is 18.5 Å². The fourth-order valence-corrected chi connectivity index (χ4v) is 5.09. The van der Waals surface area contributed by atoms with Crippen LogP contribution in [0, 0.1) is 0 Å². The number of nitrogens with zero attached hydrogens (tertiary/aromatic N) is 2. The Morgan fingerprint density at radius 2 is 2.19 bits per heavy atom. The first-order valence-corrected chi connectivity index (χ1v) is 9.65. The van der Waals surface area contributed by atoms with Crippen LogP contribution in [0.4, 0.5) is 0 Å². The lowest BCUT2D eigenvalue weighted by Gasteiger charge is -2.43. The molecule has 4 rings (SSSR count). The first kappa shape index (κ1) is 17.2. The molecule has 0 atom stereocenters. The van der Waals surface area contributed by atoms with Gasteiger partial charge in [0.1, 0.15) is 10.5 Å². The van der Waals surface area contributed by atoms with Gasteiger partial charge in [-0.3, -0.25) is 9.89 Å². The third-order valence-corrected chi connectivity index (χ3v) is 6.64. The number of nitrogens with one attached hydrogen (secondary N) is 1. The molecule has 0 radical (unpaired) electrons. The molecule has 7 nitrogen and oxygen atoms in total. The summed E-state index contributed by atoms with van der Waals surface area (Å²) in [5.74, 6) is -0.735. The molecule has 1 fully saturated rings. The minimum Gasteiger partial charge on any atom is -0.477 e. The molecule has 0 saturated carbocycles. The molecule has 26 heavy (non-hydrogen) atoms.